The summed E-state index contributed by atoms with van der Waals surface area (Å²) in [5, 5.41) is 7.50. The van der Waals surface area contributed by atoms with Gasteiger partial charge in [-0.2, -0.15) is 0 Å². The van der Waals surface area contributed by atoms with Gasteiger partial charge in [0.1, 0.15) is 11.6 Å². The SMILES string of the molecule is Cc1nnc(C)n1S. The first-order chi connectivity index (χ1) is 3.72. The van der Waals surface area contributed by atoms with Gasteiger partial charge >= 0.3 is 0 Å². The third-order valence-electron chi connectivity index (χ3n) is 0.952. The molecule has 1 rings (SSSR count). The molecular formula is C4H7N3S. The summed E-state index contributed by atoms with van der Waals surface area (Å²) in [5.74, 6) is 1.65. The first-order valence-electron chi connectivity index (χ1n) is 2.29. The Labute approximate surface area is 53.3 Å². The Hall–Kier alpha value is -0.510. The third kappa shape index (κ3) is 0.709. The topological polar surface area (TPSA) is 30.7 Å². The first kappa shape index (κ1) is 5.62. The van der Waals surface area contributed by atoms with Crippen molar-refractivity contribution < 1.29 is 0 Å². The van der Waals surface area contributed by atoms with E-state index in [1.165, 1.54) is 0 Å². The molecule has 0 amide bonds. The minimum absolute atomic E-state index is 0.825. The molecule has 0 spiro atoms. The van der Waals surface area contributed by atoms with Crippen LogP contribution in [-0.4, -0.2) is 14.2 Å². The van der Waals surface area contributed by atoms with E-state index in [-0.39, 0.29) is 0 Å². The van der Waals surface area contributed by atoms with Crippen LogP contribution in [0, 0.1) is 13.8 Å². The van der Waals surface area contributed by atoms with Crippen LogP contribution in [0.1, 0.15) is 11.6 Å². The predicted molar refractivity (Wildman–Crippen MR) is 33.9 cm³/mol. The largest absolute Gasteiger partial charge is 0.259 e. The second-order valence-corrected chi connectivity index (χ2v) is 2.01. The van der Waals surface area contributed by atoms with Crippen LogP contribution in [0.5, 0.6) is 0 Å². The van der Waals surface area contributed by atoms with Gasteiger partial charge in [0.15, 0.2) is 0 Å². The average molecular weight is 129 g/mol. The number of nitrogens with zero attached hydrogens (tertiary/aromatic N) is 3. The molecular weight excluding hydrogens is 122 g/mol. The summed E-state index contributed by atoms with van der Waals surface area (Å²) in [7, 11) is 0. The minimum Gasteiger partial charge on any atom is -0.259 e. The molecule has 0 aliphatic rings. The smallest absolute Gasteiger partial charge is 0.139 e. The van der Waals surface area contributed by atoms with Gasteiger partial charge < -0.3 is 0 Å². The summed E-state index contributed by atoms with van der Waals surface area (Å²) in [4.78, 5) is 0. The zero-order chi connectivity index (χ0) is 6.15. The molecule has 1 aromatic rings. The Balaban J connectivity index is 3.19. The molecule has 0 aromatic carbocycles. The summed E-state index contributed by atoms with van der Waals surface area (Å²) < 4.78 is 1.64. The van der Waals surface area contributed by atoms with E-state index >= 15 is 0 Å². The van der Waals surface area contributed by atoms with Crippen LogP contribution in [0.25, 0.3) is 0 Å². The van der Waals surface area contributed by atoms with Crippen molar-refractivity contribution in [2.24, 2.45) is 0 Å². The van der Waals surface area contributed by atoms with Gasteiger partial charge in [0, 0.05) is 0 Å². The lowest BCUT2D eigenvalue weighted by Gasteiger charge is -1.88. The molecule has 3 nitrogen and oxygen atoms in total. The zero-order valence-electron chi connectivity index (χ0n) is 4.79. The predicted octanol–water partition coefficient (Wildman–Crippen LogP) is 0.588. The summed E-state index contributed by atoms with van der Waals surface area (Å²) in [6.45, 7) is 3.71. The van der Waals surface area contributed by atoms with Crippen LogP contribution in [0.15, 0.2) is 0 Å². The van der Waals surface area contributed by atoms with Crippen LogP contribution in [-0.2, 0) is 0 Å². The molecule has 0 saturated carbocycles. The molecule has 0 atom stereocenters. The van der Waals surface area contributed by atoms with E-state index in [2.05, 4.69) is 23.0 Å². The van der Waals surface area contributed by atoms with Crippen molar-refractivity contribution >= 4 is 12.8 Å². The highest BCUT2D eigenvalue weighted by Crippen LogP contribution is 1.98. The molecule has 0 aliphatic heterocycles. The van der Waals surface area contributed by atoms with Crippen molar-refractivity contribution in [1.29, 1.82) is 0 Å². The van der Waals surface area contributed by atoms with E-state index in [1.807, 2.05) is 13.8 Å². The maximum Gasteiger partial charge on any atom is 0.139 e. The molecule has 0 aliphatic carbocycles. The van der Waals surface area contributed by atoms with Gasteiger partial charge in [-0.3, -0.25) is 3.97 Å². The first-order valence-corrected chi connectivity index (χ1v) is 2.69. The highest BCUT2D eigenvalue weighted by molar-refractivity contribution is 7.78. The fourth-order valence-electron chi connectivity index (χ4n) is 0.464. The molecule has 0 bridgehead atoms. The number of hydrogen-bond acceptors (Lipinski definition) is 3. The summed E-state index contributed by atoms with van der Waals surface area (Å²) in [6, 6.07) is 0. The molecule has 44 valence electrons. The Bertz CT molecular complexity index is 174. The summed E-state index contributed by atoms with van der Waals surface area (Å²) in [5.41, 5.74) is 0. The quantitative estimate of drug-likeness (QED) is 0.520. The van der Waals surface area contributed by atoms with Crippen LogP contribution < -0.4 is 0 Å². The van der Waals surface area contributed by atoms with Crippen molar-refractivity contribution in [2.75, 3.05) is 0 Å². The Morgan fingerprint density at radius 2 is 1.62 bits per heavy atom. The van der Waals surface area contributed by atoms with Gasteiger partial charge in [0.2, 0.25) is 0 Å². The van der Waals surface area contributed by atoms with E-state index < -0.39 is 0 Å². The van der Waals surface area contributed by atoms with Crippen LogP contribution in [0.4, 0.5) is 0 Å². The van der Waals surface area contributed by atoms with E-state index in [9.17, 15) is 0 Å². The molecule has 0 saturated heterocycles. The normalized spacial score (nSPS) is 9.88. The van der Waals surface area contributed by atoms with E-state index in [0.717, 1.165) is 11.6 Å². The van der Waals surface area contributed by atoms with Gasteiger partial charge in [-0.15, -0.1) is 10.2 Å². The zero-order valence-corrected chi connectivity index (χ0v) is 5.68. The highest BCUT2D eigenvalue weighted by Gasteiger charge is 1.96. The molecule has 4 heteroatoms. The van der Waals surface area contributed by atoms with Gasteiger partial charge in [-0.1, -0.05) is 12.8 Å². The molecule has 0 fully saturated rings. The number of aryl methyl sites for hydroxylation is 2. The Kier molecular flexibility index (Phi) is 1.25. The number of aromatic nitrogens is 3. The molecule has 0 unspecified atom stereocenters. The lowest BCUT2D eigenvalue weighted by molar-refractivity contribution is 1.02. The maximum absolute atomic E-state index is 4.05. The van der Waals surface area contributed by atoms with Crippen LogP contribution >= 0.6 is 12.8 Å². The lowest BCUT2D eigenvalue weighted by Crippen LogP contribution is -1.85. The maximum atomic E-state index is 4.05. The van der Waals surface area contributed by atoms with Gasteiger partial charge in [0.25, 0.3) is 0 Å². The van der Waals surface area contributed by atoms with Gasteiger partial charge in [-0.05, 0) is 13.8 Å². The number of hydrogen-bond donors (Lipinski definition) is 1. The third-order valence-corrected chi connectivity index (χ3v) is 1.53. The highest BCUT2D eigenvalue weighted by atomic mass is 32.1. The van der Waals surface area contributed by atoms with Crippen LogP contribution in [0.3, 0.4) is 0 Å². The lowest BCUT2D eigenvalue weighted by atomic mass is 10.7. The van der Waals surface area contributed by atoms with Crippen molar-refractivity contribution in [3.8, 4) is 0 Å². The van der Waals surface area contributed by atoms with Crippen molar-refractivity contribution in [3.63, 3.8) is 0 Å². The number of thiol groups is 1. The fraction of sp³-hybridized carbons (Fsp3) is 0.500. The Morgan fingerprint density at radius 3 is 1.75 bits per heavy atom. The van der Waals surface area contributed by atoms with Gasteiger partial charge in [0.05, 0.1) is 0 Å². The standard InChI is InChI=1S/C4H7N3S/c1-3-5-6-4(2)7(3)8/h8H,1-2H3. The number of rotatable bonds is 0. The second kappa shape index (κ2) is 1.78. The van der Waals surface area contributed by atoms with E-state index in [1.54, 1.807) is 3.97 Å². The summed E-state index contributed by atoms with van der Waals surface area (Å²) >= 11 is 4.05. The van der Waals surface area contributed by atoms with E-state index in [0.29, 0.717) is 0 Å². The molecule has 0 N–H and O–H groups in total. The molecule has 8 heavy (non-hydrogen) atoms. The second-order valence-electron chi connectivity index (χ2n) is 1.61. The molecule has 1 heterocycles. The average Bonchev–Trinajstić information content (AvgIpc) is 1.98. The summed E-state index contributed by atoms with van der Waals surface area (Å²) in [6.07, 6.45) is 0. The van der Waals surface area contributed by atoms with Crippen LogP contribution in [0.2, 0.25) is 0 Å². The van der Waals surface area contributed by atoms with Crippen molar-refractivity contribution in [1.82, 2.24) is 14.2 Å². The van der Waals surface area contributed by atoms with Crippen molar-refractivity contribution in [3.05, 3.63) is 11.6 Å². The van der Waals surface area contributed by atoms with E-state index in [4.69, 9.17) is 0 Å². The Morgan fingerprint density at radius 1 is 1.25 bits per heavy atom. The fourth-order valence-corrected chi connectivity index (χ4v) is 0.544. The monoisotopic (exact) mass is 129 g/mol. The van der Waals surface area contributed by atoms with Crippen molar-refractivity contribution in [2.45, 2.75) is 13.8 Å². The molecule has 1 aromatic heterocycles. The molecule has 0 radical (unpaired) electrons. The minimum atomic E-state index is 0.825. The van der Waals surface area contributed by atoms with Gasteiger partial charge in [-0.25, -0.2) is 0 Å².